The number of pyridine rings is 1. The first-order valence-corrected chi connectivity index (χ1v) is 6.55. The van der Waals surface area contributed by atoms with E-state index in [1.807, 2.05) is 25.1 Å². The maximum absolute atomic E-state index is 13.0. The fourth-order valence-electron chi connectivity index (χ4n) is 2.29. The van der Waals surface area contributed by atoms with Gasteiger partial charge in [-0.1, -0.05) is 6.07 Å². The van der Waals surface area contributed by atoms with Crippen LogP contribution in [0.4, 0.5) is 10.2 Å². The fourth-order valence-corrected chi connectivity index (χ4v) is 2.29. The molecule has 4 heteroatoms. The van der Waals surface area contributed by atoms with E-state index in [1.165, 1.54) is 6.07 Å². The third-order valence-corrected chi connectivity index (χ3v) is 3.37. The molecular weight excluding hydrogens is 255 g/mol. The summed E-state index contributed by atoms with van der Waals surface area (Å²) in [6, 6.07) is 8.62. The van der Waals surface area contributed by atoms with Gasteiger partial charge in [0, 0.05) is 12.7 Å². The van der Waals surface area contributed by atoms with Crippen LogP contribution in [0.25, 0.3) is 11.0 Å². The predicted octanol–water partition coefficient (Wildman–Crippen LogP) is 3.93. The molecule has 0 radical (unpaired) electrons. The molecule has 102 valence electrons. The summed E-state index contributed by atoms with van der Waals surface area (Å²) >= 11 is 0. The first-order valence-electron chi connectivity index (χ1n) is 6.55. The van der Waals surface area contributed by atoms with Gasteiger partial charge in [-0.2, -0.15) is 0 Å². The van der Waals surface area contributed by atoms with Gasteiger partial charge in [-0.15, -0.1) is 0 Å². The maximum Gasteiger partial charge on any atom is 0.139 e. The van der Waals surface area contributed by atoms with Crippen LogP contribution in [0.15, 0.2) is 47.2 Å². The minimum Gasteiger partial charge on any atom is -0.464 e. The van der Waals surface area contributed by atoms with Crippen molar-refractivity contribution in [3.63, 3.8) is 0 Å². The molecule has 0 aliphatic carbocycles. The number of nitrogens with one attached hydrogen (secondary N) is 1. The molecule has 2 aromatic heterocycles. The van der Waals surface area contributed by atoms with E-state index in [-0.39, 0.29) is 5.82 Å². The van der Waals surface area contributed by atoms with E-state index in [0.29, 0.717) is 0 Å². The van der Waals surface area contributed by atoms with Gasteiger partial charge < -0.3 is 9.73 Å². The molecule has 0 unspecified atom stereocenters. The number of aryl methyl sites for hydroxylation is 1. The lowest BCUT2D eigenvalue weighted by Gasteiger charge is -2.08. The van der Waals surface area contributed by atoms with Crippen molar-refractivity contribution in [2.75, 3.05) is 11.9 Å². The monoisotopic (exact) mass is 270 g/mol. The topological polar surface area (TPSA) is 38.1 Å². The Labute approximate surface area is 116 Å². The number of hydrogen-bond donors (Lipinski definition) is 1. The predicted molar refractivity (Wildman–Crippen MR) is 77.3 cm³/mol. The molecule has 0 bridgehead atoms. The highest BCUT2D eigenvalue weighted by atomic mass is 19.1. The smallest absolute Gasteiger partial charge is 0.139 e. The molecule has 20 heavy (non-hydrogen) atoms. The summed E-state index contributed by atoms with van der Waals surface area (Å²) in [6.45, 7) is 2.66. The average molecular weight is 270 g/mol. The molecular formula is C16H15FN2O. The minimum atomic E-state index is -0.191. The van der Waals surface area contributed by atoms with Gasteiger partial charge in [-0.05, 0) is 48.7 Å². The Kier molecular flexibility index (Phi) is 3.37. The van der Waals surface area contributed by atoms with Gasteiger partial charge in [0.05, 0.1) is 11.6 Å². The third kappa shape index (κ3) is 2.50. The van der Waals surface area contributed by atoms with Crippen LogP contribution < -0.4 is 5.32 Å². The second-order valence-corrected chi connectivity index (χ2v) is 4.74. The van der Waals surface area contributed by atoms with Crippen LogP contribution in [-0.2, 0) is 6.42 Å². The zero-order valence-corrected chi connectivity index (χ0v) is 11.2. The van der Waals surface area contributed by atoms with Crippen LogP contribution in [-0.4, -0.2) is 11.5 Å². The molecule has 0 fully saturated rings. The number of fused-ring (bicyclic) bond motifs is 1. The van der Waals surface area contributed by atoms with Crippen molar-refractivity contribution >= 4 is 16.8 Å². The fraction of sp³-hybridized carbons (Fsp3) is 0.188. The van der Waals surface area contributed by atoms with Gasteiger partial charge in [0.1, 0.15) is 17.2 Å². The second kappa shape index (κ2) is 5.33. The highest BCUT2D eigenvalue weighted by Crippen LogP contribution is 2.21. The van der Waals surface area contributed by atoms with Crippen LogP contribution in [0.5, 0.6) is 0 Å². The molecule has 0 aliphatic heterocycles. The number of aromatic nitrogens is 1. The Balaban J connectivity index is 1.69. The van der Waals surface area contributed by atoms with Crippen molar-refractivity contribution < 1.29 is 8.81 Å². The van der Waals surface area contributed by atoms with Crippen molar-refractivity contribution in [1.29, 1.82) is 0 Å². The molecule has 0 saturated carbocycles. The zero-order valence-electron chi connectivity index (χ0n) is 11.2. The summed E-state index contributed by atoms with van der Waals surface area (Å²) in [5.74, 6) is 0.625. The van der Waals surface area contributed by atoms with Crippen LogP contribution in [0.3, 0.4) is 0 Å². The molecule has 0 aliphatic rings. The summed E-state index contributed by atoms with van der Waals surface area (Å²) in [4.78, 5) is 4.32. The number of hydrogen-bond acceptors (Lipinski definition) is 3. The lowest BCUT2D eigenvalue weighted by Crippen LogP contribution is -2.07. The molecule has 0 atom stereocenters. The number of furan rings is 1. The van der Waals surface area contributed by atoms with Gasteiger partial charge in [0.25, 0.3) is 0 Å². The maximum atomic E-state index is 13.0. The molecule has 3 aromatic rings. The van der Waals surface area contributed by atoms with Crippen molar-refractivity contribution in [3.05, 3.63) is 59.7 Å². The van der Waals surface area contributed by atoms with E-state index >= 15 is 0 Å². The van der Waals surface area contributed by atoms with Crippen molar-refractivity contribution in [1.82, 2.24) is 4.98 Å². The molecule has 0 amide bonds. The first kappa shape index (κ1) is 12.7. The van der Waals surface area contributed by atoms with Gasteiger partial charge >= 0.3 is 0 Å². The Morgan fingerprint density at radius 2 is 2.15 bits per heavy atom. The van der Waals surface area contributed by atoms with Gasteiger partial charge in [-0.25, -0.2) is 9.37 Å². The molecule has 1 N–H and O–H groups in total. The SMILES string of the molecule is Cc1cc(F)ccc1CCNc1nccc2occc12. The van der Waals surface area contributed by atoms with Crippen LogP contribution in [0, 0.1) is 12.7 Å². The molecule has 3 nitrogen and oxygen atoms in total. The van der Waals surface area contributed by atoms with Crippen LogP contribution in [0.1, 0.15) is 11.1 Å². The van der Waals surface area contributed by atoms with Gasteiger partial charge in [-0.3, -0.25) is 0 Å². The number of halogens is 1. The van der Waals surface area contributed by atoms with Gasteiger partial charge in [0.15, 0.2) is 0 Å². The molecule has 1 aromatic carbocycles. The highest BCUT2D eigenvalue weighted by molar-refractivity contribution is 5.87. The Bertz CT molecular complexity index is 736. The van der Waals surface area contributed by atoms with Crippen LogP contribution in [0.2, 0.25) is 0 Å². The number of anilines is 1. The summed E-state index contributed by atoms with van der Waals surface area (Å²) in [6.07, 6.45) is 4.20. The molecule has 0 saturated heterocycles. The summed E-state index contributed by atoms with van der Waals surface area (Å²) < 4.78 is 18.4. The lowest BCUT2D eigenvalue weighted by atomic mass is 10.1. The van der Waals surface area contributed by atoms with Crippen molar-refractivity contribution in [3.8, 4) is 0 Å². The number of benzene rings is 1. The Hall–Kier alpha value is -2.36. The standard InChI is InChI=1S/C16H15FN2O/c1-11-10-13(17)3-2-12(11)4-7-18-16-14-6-9-20-15(14)5-8-19-16/h2-3,5-6,8-10H,4,7H2,1H3,(H,18,19). The number of rotatable bonds is 4. The zero-order chi connectivity index (χ0) is 13.9. The normalized spacial score (nSPS) is 10.9. The molecule has 3 rings (SSSR count). The first-order chi connectivity index (χ1) is 9.74. The van der Waals surface area contributed by atoms with E-state index in [2.05, 4.69) is 10.3 Å². The van der Waals surface area contributed by atoms with Crippen molar-refractivity contribution in [2.45, 2.75) is 13.3 Å². The minimum absolute atomic E-state index is 0.191. The second-order valence-electron chi connectivity index (χ2n) is 4.74. The lowest BCUT2D eigenvalue weighted by molar-refractivity contribution is 0.615. The van der Waals surface area contributed by atoms with Crippen LogP contribution >= 0.6 is 0 Å². The largest absolute Gasteiger partial charge is 0.464 e. The van der Waals surface area contributed by atoms with E-state index in [4.69, 9.17) is 4.42 Å². The average Bonchev–Trinajstić information content (AvgIpc) is 2.90. The third-order valence-electron chi connectivity index (χ3n) is 3.37. The van der Waals surface area contributed by atoms with Gasteiger partial charge in [0.2, 0.25) is 0 Å². The Morgan fingerprint density at radius 1 is 1.25 bits per heavy atom. The Morgan fingerprint density at radius 3 is 3.00 bits per heavy atom. The summed E-state index contributed by atoms with van der Waals surface area (Å²) in [5.41, 5.74) is 2.93. The van der Waals surface area contributed by atoms with Crippen molar-refractivity contribution in [2.24, 2.45) is 0 Å². The van der Waals surface area contributed by atoms with E-state index < -0.39 is 0 Å². The quantitative estimate of drug-likeness (QED) is 0.780. The summed E-state index contributed by atoms with van der Waals surface area (Å²) in [7, 11) is 0. The molecule has 2 heterocycles. The van der Waals surface area contributed by atoms with E-state index in [1.54, 1.807) is 18.5 Å². The summed E-state index contributed by atoms with van der Waals surface area (Å²) in [5, 5.41) is 4.27. The molecule has 0 spiro atoms. The number of nitrogens with zero attached hydrogens (tertiary/aromatic N) is 1. The van der Waals surface area contributed by atoms with E-state index in [9.17, 15) is 4.39 Å². The van der Waals surface area contributed by atoms with E-state index in [0.717, 1.165) is 40.9 Å². The highest BCUT2D eigenvalue weighted by Gasteiger charge is 2.05.